The van der Waals surface area contributed by atoms with Crippen molar-refractivity contribution < 1.29 is 10.2 Å². The number of hydrogen-bond donors (Lipinski definition) is 2. The van der Waals surface area contributed by atoms with E-state index in [0.29, 0.717) is 5.52 Å². The number of aromatic hydroxyl groups is 1. The molecule has 0 spiro atoms. The molecule has 9 aromatic carbocycles. The Morgan fingerprint density at radius 1 is 0.507 bits per heavy atom. The highest BCUT2D eigenvalue weighted by molar-refractivity contribution is 6.22. The van der Waals surface area contributed by atoms with Crippen LogP contribution in [0.1, 0.15) is 5.56 Å². The molecule has 2 N–H and O–H groups in total. The van der Waals surface area contributed by atoms with Gasteiger partial charge in [0.1, 0.15) is 29.2 Å². The molecule has 326 valence electrons. The first kappa shape index (κ1) is 40.3. The summed E-state index contributed by atoms with van der Waals surface area (Å²) in [5, 5.41) is 28.3. The van der Waals surface area contributed by atoms with E-state index in [4.69, 9.17) is 4.98 Å². The van der Waals surface area contributed by atoms with Crippen molar-refractivity contribution >= 4 is 55.3 Å². The highest BCUT2D eigenvalue weighted by atomic mass is 16.3. The number of phenolic OH excluding ortho intramolecular Hbond substituents is 1. The number of imidazole rings is 1. The van der Waals surface area contributed by atoms with Gasteiger partial charge in [0.25, 0.3) is 0 Å². The first-order valence-electron chi connectivity index (χ1n) is 23.3. The summed E-state index contributed by atoms with van der Waals surface area (Å²) in [5.74, 6) is 1.07. The van der Waals surface area contributed by atoms with Crippen molar-refractivity contribution in [2.24, 2.45) is 4.99 Å². The summed E-state index contributed by atoms with van der Waals surface area (Å²) < 4.78 is 2.24. The molecule has 0 saturated heterocycles. The molecule has 0 radical (unpaired) electrons. The maximum absolute atomic E-state index is 11.5. The first-order valence-corrected chi connectivity index (χ1v) is 23.3. The quantitative estimate of drug-likeness (QED) is 0.156. The van der Waals surface area contributed by atoms with Gasteiger partial charge in [-0.1, -0.05) is 170 Å². The van der Waals surface area contributed by atoms with Crippen LogP contribution < -0.4 is 0 Å². The van der Waals surface area contributed by atoms with Crippen LogP contribution in [0, 0.1) is 0 Å². The number of benzene rings is 9. The minimum Gasteiger partial charge on any atom is -0.505 e. The van der Waals surface area contributed by atoms with E-state index in [2.05, 4.69) is 178 Å². The van der Waals surface area contributed by atoms with Gasteiger partial charge in [0.2, 0.25) is 0 Å². The number of para-hydroxylation sites is 3. The van der Waals surface area contributed by atoms with E-state index >= 15 is 0 Å². The summed E-state index contributed by atoms with van der Waals surface area (Å²) in [7, 11) is 0. The van der Waals surface area contributed by atoms with E-state index in [1.807, 2.05) is 54.6 Å². The summed E-state index contributed by atoms with van der Waals surface area (Å²) in [5.41, 5.74) is 15.8. The molecule has 0 saturated carbocycles. The van der Waals surface area contributed by atoms with E-state index in [-0.39, 0.29) is 11.8 Å². The predicted octanol–water partition coefficient (Wildman–Crippen LogP) is 14.6. The van der Waals surface area contributed by atoms with Crippen LogP contribution in [0.5, 0.6) is 5.75 Å². The smallest absolute Gasteiger partial charge is 0.149 e. The third kappa shape index (κ3) is 6.80. The van der Waals surface area contributed by atoms with Gasteiger partial charge < -0.3 is 10.2 Å². The lowest BCUT2D eigenvalue weighted by Gasteiger charge is -2.28. The zero-order valence-electron chi connectivity index (χ0n) is 37.3. The van der Waals surface area contributed by atoms with Gasteiger partial charge in [0, 0.05) is 34.6 Å². The van der Waals surface area contributed by atoms with Crippen LogP contribution in [0.15, 0.2) is 235 Å². The number of rotatable bonds is 7. The van der Waals surface area contributed by atoms with E-state index in [1.165, 1.54) is 0 Å². The number of hydrogen-bond acceptors (Lipinski definition) is 5. The van der Waals surface area contributed by atoms with Crippen LogP contribution in [-0.4, -0.2) is 43.1 Å². The Kier molecular flexibility index (Phi) is 9.59. The van der Waals surface area contributed by atoms with Crippen molar-refractivity contribution in [3.63, 3.8) is 0 Å². The standard InChI is InChI=1S/C63H42N4O2/c68-61-49(33-30-44-10-8-36-64-59(44)61)40-20-24-42(25-21-40)57-51-14-4-5-15-52(51)58(43-26-22-41(23-27-43)50-34-31-45-11-9-37-65-60(45)62(50)69)54-38-47(32-35-53(54)57)39-18-28-46(29-19-39)63-66-55-16-6-7-17-56(55)67(63)48-12-2-1-3-13-48/h1-38,59,61,68-69H. The Balaban J connectivity index is 0.958. The molecule has 13 rings (SSSR count). The molecule has 2 unspecified atom stereocenters. The maximum Gasteiger partial charge on any atom is 0.149 e. The average molecular weight is 887 g/mol. The third-order valence-electron chi connectivity index (χ3n) is 13.9. The van der Waals surface area contributed by atoms with Gasteiger partial charge in [-0.05, 0) is 126 Å². The molecular formula is C63H42N4O2. The number of aromatic nitrogens is 3. The average Bonchev–Trinajstić information content (AvgIpc) is 3.81. The first-order chi connectivity index (χ1) is 34.1. The number of aliphatic imine (C=N–C) groups is 1. The van der Waals surface area contributed by atoms with Crippen LogP contribution >= 0.6 is 0 Å². The molecule has 3 heterocycles. The van der Waals surface area contributed by atoms with Crippen LogP contribution in [-0.2, 0) is 0 Å². The molecule has 2 aliphatic rings. The number of phenols is 1. The Hall–Kier alpha value is -8.97. The molecule has 1 aliphatic carbocycles. The van der Waals surface area contributed by atoms with Crippen LogP contribution in [0.2, 0.25) is 0 Å². The zero-order valence-corrected chi connectivity index (χ0v) is 37.3. The van der Waals surface area contributed by atoms with Crippen molar-refractivity contribution in [2.45, 2.75) is 12.1 Å². The van der Waals surface area contributed by atoms with Gasteiger partial charge in [-0.25, -0.2) is 4.98 Å². The molecule has 0 bridgehead atoms. The summed E-state index contributed by atoms with van der Waals surface area (Å²) in [6.07, 6.45) is 10.8. The van der Waals surface area contributed by atoms with E-state index in [9.17, 15) is 10.2 Å². The number of aliphatic hydroxyl groups is 1. The summed E-state index contributed by atoms with van der Waals surface area (Å²) in [6, 6.07) is 67.6. The molecule has 2 aromatic heterocycles. The largest absolute Gasteiger partial charge is 0.505 e. The van der Waals surface area contributed by atoms with Crippen molar-refractivity contribution in [3.8, 4) is 67.3 Å². The summed E-state index contributed by atoms with van der Waals surface area (Å²) in [4.78, 5) is 14.2. The molecule has 6 heteroatoms. The van der Waals surface area contributed by atoms with Crippen molar-refractivity contribution in [1.82, 2.24) is 14.5 Å². The fraction of sp³-hybridized carbons (Fsp3) is 0.0317. The molecule has 11 aromatic rings. The summed E-state index contributed by atoms with van der Waals surface area (Å²) in [6.45, 7) is 0. The number of allylic oxidation sites excluding steroid dienone is 3. The van der Waals surface area contributed by atoms with E-state index in [0.717, 1.165) is 116 Å². The van der Waals surface area contributed by atoms with Crippen molar-refractivity contribution in [2.75, 3.05) is 0 Å². The second kappa shape index (κ2) is 16.4. The van der Waals surface area contributed by atoms with Gasteiger partial charge in [-0.15, -0.1) is 0 Å². The molecule has 0 fully saturated rings. The van der Waals surface area contributed by atoms with Gasteiger partial charge >= 0.3 is 0 Å². The maximum atomic E-state index is 11.5. The van der Waals surface area contributed by atoms with E-state index < -0.39 is 6.10 Å². The predicted molar refractivity (Wildman–Crippen MR) is 284 cm³/mol. The number of nitrogens with zero attached hydrogens (tertiary/aromatic N) is 4. The van der Waals surface area contributed by atoms with Crippen LogP contribution in [0.4, 0.5) is 0 Å². The fourth-order valence-electron chi connectivity index (χ4n) is 10.5. The van der Waals surface area contributed by atoms with Crippen LogP contribution in [0.25, 0.3) is 111 Å². The molecule has 2 atom stereocenters. The van der Waals surface area contributed by atoms with E-state index in [1.54, 1.807) is 12.4 Å². The van der Waals surface area contributed by atoms with Crippen molar-refractivity contribution in [1.29, 1.82) is 0 Å². The topological polar surface area (TPSA) is 83.5 Å². The summed E-state index contributed by atoms with van der Waals surface area (Å²) >= 11 is 0. The minimum atomic E-state index is -0.732. The monoisotopic (exact) mass is 886 g/mol. The number of fused-ring (bicyclic) bond motifs is 5. The molecule has 69 heavy (non-hydrogen) atoms. The zero-order chi connectivity index (χ0) is 46.0. The van der Waals surface area contributed by atoms with Crippen molar-refractivity contribution in [3.05, 3.63) is 236 Å². The Labute approximate surface area is 398 Å². The Morgan fingerprint density at radius 3 is 1.93 bits per heavy atom. The lowest BCUT2D eigenvalue weighted by Crippen LogP contribution is -2.30. The van der Waals surface area contributed by atoms with Crippen LogP contribution in [0.3, 0.4) is 0 Å². The normalized spacial score (nSPS) is 15.4. The Morgan fingerprint density at radius 2 is 1.14 bits per heavy atom. The second-order valence-corrected chi connectivity index (χ2v) is 17.8. The SMILES string of the molecule is Oc1c(-c2ccc(-c3c4ccccc4c(-c4ccc(C5=CC=C6C=CC=NC6C5O)cc4)c4ccc(-c5ccc(-c6nc7ccccc7n6-c6ccccc6)cc5)cc34)cc2)ccc2cccnc12. The number of aliphatic hydroxyl groups excluding tert-OH is 1. The molecule has 1 aliphatic heterocycles. The molecule has 0 amide bonds. The number of pyridine rings is 1. The van der Waals surface area contributed by atoms with Gasteiger partial charge in [0.05, 0.1) is 11.0 Å². The van der Waals surface area contributed by atoms with Gasteiger partial charge in [-0.3, -0.25) is 14.5 Å². The highest BCUT2D eigenvalue weighted by Crippen LogP contribution is 2.46. The van der Waals surface area contributed by atoms with Gasteiger partial charge in [-0.2, -0.15) is 0 Å². The Bertz CT molecular complexity index is 3960. The lowest BCUT2D eigenvalue weighted by atomic mass is 9.83. The second-order valence-electron chi connectivity index (χ2n) is 17.8. The molecule has 6 nitrogen and oxygen atoms in total. The fourth-order valence-corrected chi connectivity index (χ4v) is 10.5. The third-order valence-corrected chi connectivity index (χ3v) is 13.9. The lowest BCUT2D eigenvalue weighted by molar-refractivity contribution is 0.214. The minimum absolute atomic E-state index is 0.176. The highest BCUT2D eigenvalue weighted by Gasteiger charge is 2.29. The van der Waals surface area contributed by atoms with Gasteiger partial charge in [0.15, 0.2) is 0 Å². The number of dihydropyridines is 1. The molecular weight excluding hydrogens is 845 g/mol.